The molecule has 17 heavy (non-hydrogen) atoms. The van der Waals surface area contributed by atoms with Gasteiger partial charge in [-0.15, -0.1) is 0 Å². The Hall–Kier alpha value is -1.36. The summed E-state index contributed by atoms with van der Waals surface area (Å²) < 4.78 is 3.16. The van der Waals surface area contributed by atoms with Gasteiger partial charge in [-0.05, 0) is 47.2 Å². The van der Waals surface area contributed by atoms with Crippen LogP contribution in [0.4, 0.5) is 0 Å². The van der Waals surface area contributed by atoms with Crippen molar-refractivity contribution in [2.75, 3.05) is 0 Å². The molecule has 2 aromatic carbocycles. The molecule has 2 nitrogen and oxygen atoms in total. The summed E-state index contributed by atoms with van der Waals surface area (Å²) in [7, 11) is 0. The predicted molar refractivity (Wildman–Crippen MR) is 78.5 cm³/mol. The molecule has 0 fully saturated rings. The van der Waals surface area contributed by atoms with Gasteiger partial charge in [0.05, 0.1) is 11.2 Å². The van der Waals surface area contributed by atoms with Crippen molar-refractivity contribution in [3.05, 3.63) is 57.8 Å². The van der Waals surface area contributed by atoms with Gasteiger partial charge >= 0.3 is 0 Å². The number of halogens is 1. The van der Waals surface area contributed by atoms with E-state index in [9.17, 15) is 0 Å². The number of benzene rings is 2. The van der Waals surface area contributed by atoms with E-state index in [1.807, 2.05) is 22.9 Å². The van der Waals surface area contributed by atoms with Crippen LogP contribution in [0.3, 0.4) is 0 Å². The van der Waals surface area contributed by atoms with Crippen molar-refractivity contribution >= 4 is 33.5 Å². The van der Waals surface area contributed by atoms with E-state index in [1.54, 1.807) is 0 Å². The first-order chi connectivity index (χ1) is 8.27. The molecule has 0 spiro atoms. The Morgan fingerprint density at radius 2 is 1.76 bits per heavy atom. The minimum atomic E-state index is 1.08. The predicted octanol–water partition coefficient (Wildman–Crippen LogP) is 3.94. The van der Waals surface area contributed by atoms with E-state index < -0.39 is 0 Å². The third kappa shape index (κ3) is 1.74. The van der Waals surface area contributed by atoms with Gasteiger partial charge < -0.3 is 0 Å². The summed E-state index contributed by atoms with van der Waals surface area (Å²) in [6.07, 6.45) is 0. The maximum atomic E-state index is 4.69. The highest BCUT2D eigenvalue weighted by molar-refractivity contribution is 14.1. The van der Waals surface area contributed by atoms with E-state index in [4.69, 9.17) is 5.10 Å². The molecule has 1 aromatic heterocycles. The molecule has 3 aromatic rings. The summed E-state index contributed by atoms with van der Waals surface area (Å²) >= 11 is 2.35. The fourth-order valence-electron chi connectivity index (χ4n) is 1.96. The van der Waals surface area contributed by atoms with E-state index in [0.717, 1.165) is 14.9 Å². The molecule has 84 valence electrons. The molecule has 3 heteroatoms. The standard InChI is InChI=1S/C14H11IN2/c1-10-6-5-9-12-13(10)16-17(14(12)15)11-7-3-2-4-8-11/h2-9H,1H3. The van der Waals surface area contributed by atoms with Crippen molar-refractivity contribution in [1.82, 2.24) is 9.78 Å². The van der Waals surface area contributed by atoms with Gasteiger partial charge in [0, 0.05) is 5.39 Å². The maximum Gasteiger partial charge on any atom is 0.113 e. The number of para-hydroxylation sites is 1. The largest absolute Gasteiger partial charge is 0.226 e. The normalized spacial score (nSPS) is 10.9. The van der Waals surface area contributed by atoms with Crippen LogP contribution in [0.1, 0.15) is 5.56 Å². The monoisotopic (exact) mass is 334 g/mol. The Morgan fingerprint density at radius 1 is 1.00 bits per heavy atom. The highest BCUT2D eigenvalue weighted by Crippen LogP contribution is 2.25. The van der Waals surface area contributed by atoms with E-state index in [0.29, 0.717) is 0 Å². The lowest BCUT2D eigenvalue weighted by Gasteiger charge is -2.01. The van der Waals surface area contributed by atoms with Gasteiger partial charge in [0.1, 0.15) is 3.70 Å². The number of fused-ring (bicyclic) bond motifs is 1. The van der Waals surface area contributed by atoms with Gasteiger partial charge in [0.2, 0.25) is 0 Å². The number of hydrogen-bond acceptors (Lipinski definition) is 1. The molecule has 0 atom stereocenters. The zero-order chi connectivity index (χ0) is 11.8. The Labute approximate surface area is 113 Å². The second kappa shape index (κ2) is 4.14. The van der Waals surface area contributed by atoms with Gasteiger partial charge in [-0.25, -0.2) is 4.68 Å². The molecule has 0 amide bonds. The minimum absolute atomic E-state index is 1.08. The SMILES string of the molecule is Cc1cccc2c(I)n(-c3ccccc3)nc12. The average molecular weight is 334 g/mol. The van der Waals surface area contributed by atoms with Gasteiger partial charge in [0.15, 0.2) is 0 Å². The molecule has 0 bridgehead atoms. The lowest BCUT2D eigenvalue weighted by molar-refractivity contribution is 0.872. The lowest BCUT2D eigenvalue weighted by Crippen LogP contribution is -1.97. The minimum Gasteiger partial charge on any atom is -0.226 e. The van der Waals surface area contributed by atoms with Crippen molar-refractivity contribution in [1.29, 1.82) is 0 Å². The molecule has 0 aliphatic rings. The molecule has 0 saturated carbocycles. The molecular weight excluding hydrogens is 323 g/mol. The smallest absolute Gasteiger partial charge is 0.113 e. The van der Waals surface area contributed by atoms with Crippen LogP contribution < -0.4 is 0 Å². The number of aromatic nitrogens is 2. The topological polar surface area (TPSA) is 17.8 Å². The zero-order valence-electron chi connectivity index (χ0n) is 9.39. The van der Waals surface area contributed by atoms with Gasteiger partial charge in [-0.1, -0.05) is 36.4 Å². The van der Waals surface area contributed by atoms with Crippen molar-refractivity contribution in [3.63, 3.8) is 0 Å². The first-order valence-corrected chi connectivity index (χ1v) is 6.54. The van der Waals surface area contributed by atoms with Gasteiger partial charge in [-0.2, -0.15) is 5.10 Å². The molecule has 0 radical (unpaired) electrons. The van der Waals surface area contributed by atoms with E-state index >= 15 is 0 Å². The van der Waals surface area contributed by atoms with Gasteiger partial charge in [0.25, 0.3) is 0 Å². The van der Waals surface area contributed by atoms with Crippen LogP contribution >= 0.6 is 22.6 Å². The molecule has 1 heterocycles. The highest BCUT2D eigenvalue weighted by atomic mass is 127. The summed E-state index contributed by atoms with van der Waals surface area (Å²) in [6, 6.07) is 16.5. The van der Waals surface area contributed by atoms with Gasteiger partial charge in [-0.3, -0.25) is 0 Å². The summed E-state index contributed by atoms with van der Waals surface area (Å²) in [5.74, 6) is 0. The highest BCUT2D eigenvalue weighted by Gasteiger charge is 2.10. The van der Waals surface area contributed by atoms with Crippen LogP contribution in [0, 0.1) is 10.6 Å². The summed E-state index contributed by atoms with van der Waals surface area (Å²) in [5.41, 5.74) is 3.41. The Kier molecular flexibility index (Phi) is 2.63. The molecular formula is C14H11IN2. The number of aryl methyl sites for hydroxylation is 1. The quantitative estimate of drug-likeness (QED) is 0.617. The van der Waals surface area contributed by atoms with Crippen LogP contribution in [-0.4, -0.2) is 9.78 Å². The number of rotatable bonds is 1. The molecule has 3 rings (SSSR count). The maximum absolute atomic E-state index is 4.69. The Morgan fingerprint density at radius 3 is 2.47 bits per heavy atom. The van der Waals surface area contributed by atoms with E-state index in [-0.39, 0.29) is 0 Å². The molecule has 0 aliphatic heterocycles. The summed E-state index contributed by atoms with van der Waals surface area (Å²) in [4.78, 5) is 0. The Bertz CT molecular complexity index is 671. The van der Waals surface area contributed by atoms with Crippen molar-refractivity contribution in [2.45, 2.75) is 6.92 Å². The van der Waals surface area contributed by atoms with Crippen molar-refractivity contribution < 1.29 is 0 Å². The number of hydrogen-bond donors (Lipinski definition) is 0. The van der Waals surface area contributed by atoms with Crippen molar-refractivity contribution in [2.24, 2.45) is 0 Å². The lowest BCUT2D eigenvalue weighted by atomic mass is 10.2. The fourth-order valence-corrected chi connectivity index (χ4v) is 2.78. The fraction of sp³-hybridized carbons (Fsp3) is 0.0714. The average Bonchev–Trinajstić information content (AvgIpc) is 2.70. The molecule has 0 saturated heterocycles. The van der Waals surface area contributed by atoms with Crippen LogP contribution in [-0.2, 0) is 0 Å². The van der Waals surface area contributed by atoms with Crippen LogP contribution in [0.15, 0.2) is 48.5 Å². The molecule has 0 N–H and O–H groups in total. The third-order valence-corrected chi connectivity index (χ3v) is 3.88. The van der Waals surface area contributed by atoms with Crippen LogP contribution in [0.25, 0.3) is 16.6 Å². The zero-order valence-corrected chi connectivity index (χ0v) is 11.5. The molecule has 0 aliphatic carbocycles. The van der Waals surface area contributed by atoms with Crippen LogP contribution in [0.2, 0.25) is 0 Å². The Balaban J connectivity index is 2.32. The molecule has 0 unspecified atom stereocenters. The summed E-state index contributed by atoms with van der Waals surface area (Å²) in [6.45, 7) is 2.10. The second-order valence-electron chi connectivity index (χ2n) is 4.01. The van der Waals surface area contributed by atoms with E-state index in [1.165, 1.54) is 10.9 Å². The van der Waals surface area contributed by atoms with Crippen LogP contribution in [0.5, 0.6) is 0 Å². The number of nitrogens with zero attached hydrogens (tertiary/aromatic N) is 2. The van der Waals surface area contributed by atoms with Crippen molar-refractivity contribution in [3.8, 4) is 5.69 Å². The van der Waals surface area contributed by atoms with E-state index in [2.05, 4.69) is 59.8 Å². The first-order valence-electron chi connectivity index (χ1n) is 5.46. The first kappa shape index (κ1) is 10.8. The second-order valence-corrected chi connectivity index (χ2v) is 5.03. The third-order valence-electron chi connectivity index (χ3n) is 2.85. The summed E-state index contributed by atoms with van der Waals surface area (Å²) in [5, 5.41) is 5.91.